The minimum atomic E-state index is -0.443. The first-order chi connectivity index (χ1) is 7.72. The average molecular weight is 236 g/mol. The van der Waals surface area contributed by atoms with Gasteiger partial charge in [-0.2, -0.15) is 0 Å². The van der Waals surface area contributed by atoms with Crippen molar-refractivity contribution in [1.29, 1.82) is 0 Å². The molecule has 1 amide bonds. The largest absolute Gasteiger partial charge is 0.336 e. The molecule has 2 nitrogen and oxygen atoms in total. The molecule has 0 N–H and O–H groups in total. The summed E-state index contributed by atoms with van der Waals surface area (Å²) in [6.45, 7) is 5.01. The number of halogens is 1. The fourth-order valence-corrected chi connectivity index (χ4v) is 2.26. The maximum absolute atomic E-state index is 11.8. The van der Waals surface area contributed by atoms with Gasteiger partial charge < -0.3 is 4.90 Å². The Hall–Kier alpha value is -1.28. The molecule has 1 heterocycles. The van der Waals surface area contributed by atoms with E-state index in [4.69, 9.17) is 11.6 Å². The summed E-state index contributed by atoms with van der Waals surface area (Å²) in [6, 6.07) is 9.93. The van der Waals surface area contributed by atoms with Crippen LogP contribution < -0.4 is 0 Å². The van der Waals surface area contributed by atoms with Gasteiger partial charge in [-0.3, -0.25) is 4.79 Å². The van der Waals surface area contributed by atoms with Gasteiger partial charge in [-0.25, -0.2) is 0 Å². The Bertz CT molecular complexity index is 390. The van der Waals surface area contributed by atoms with Gasteiger partial charge in [-0.1, -0.05) is 36.4 Å². The summed E-state index contributed by atoms with van der Waals surface area (Å²) >= 11 is 6.03. The normalized spacial score (nSPS) is 24.8. The lowest BCUT2D eigenvalue weighted by Gasteiger charge is -2.15. The SMILES string of the molecule is C=C[C@@H]1CN(Cc2ccccc2)C(=O)[C@H]1Cl. The highest BCUT2D eigenvalue weighted by molar-refractivity contribution is 6.31. The summed E-state index contributed by atoms with van der Waals surface area (Å²) in [6.07, 6.45) is 1.76. The summed E-state index contributed by atoms with van der Waals surface area (Å²) in [5.74, 6) is 0.0771. The molecule has 0 saturated carbocycles. The Morgan fingerprint density at radius 1 is 1.44 bits per heavy atom. The van der Waals surface area contributed by atoms with E-state index in [9.17, 15) is 4.79 Å². The van der Waals surface area contributed by atoms with Crippen molar-refractivity contribution >= 4 is 17.5 Å². The zero-order valence-electron chi connectivity index (χ0n) is 8.97. The van der Waals surface area contributed by atoms with Crippen LogP contribution in [0.5, 0.6) is 0 Å². The minimum absolute atomic E-state index is 0.00965. The topological polar surface area (TPSA) is 20.3 Å². The van der Waals surface area contributed by atoms with Crippen molar-refractivity contribution in [1.82, 2.24) is 4.90 Å². The number of carbonyl (C=O) groups excluding carboxylic acids is 1. The van der Waals surface area contributed by atoms with Crippen LogP contribution in [0.1, 0.15) is 5.56 Å². The molecule has 2 rings (SSSR count). The molecule has 1 aliphatic rings. The molecule has 3 heteroatoms. The molecule has 1 fully saturated rings. The Kier molecular flexibility index (Phi) is 3.30. The Morgan fingerprint density at radius 2 is 2.12 bits per heavy atom. The van der Waals surface area contributed by atoms with E-state index >= 15 is 0 Å². The lowest BCUT2D eigenvalue weighted by atomic mass is 10.1. The molecule has 0 radical (unpaired) electrons. The van der Waals surface area contributed by atoms with E-state index in [2.05, 4.69) is 6.58 Å². The summed E-state index contributed by atoms with van der Waals surface area (Å²) in [4.78, 5) is 13.6. The number of likely N-dealkylation sites (tertiary alicyclic amines) is 1. The van der Waals surface area contributed by atoms with Gasteiger partial charge >= 0.3 is 0 Å². The van der Waals surface area contributed by atoms with Gasteiger partial charge in [-0.15, -0.1) is 18.2 Å². The second kappa shape index (κ2) is 4.71. The van der Waals surface area contributed by atoms with Crippen LogP contribution in [-0.4, -0.2) is 22.7 Å². The highest BCUT2D eigenvalue weighted by Gasteiger charge is 2.36. The maximum Gasteiger partial charge on any atom is 0.241 e. The fraction of sp³-hybridized carbons (Fsp3) is 0.308. The molecule has 1 aromatic rings. The molecule has 0 bridgehead atoms. The summed E-state index contributed by atoms with van der Waals surface area (Å²) in [5.41, 5.74) is 1.13. The Labute approximate surface area is 101 Å². The van der Waals surface area contributed by atoms with Gasteiger partial charge in [0.1, 0.15) is 5.38 Å². The van der Waals surface area contributed by atoms with Crippen LogP contribution in [-0.2, 0) is 11.3 Å². The maximum atomic E-state index is 11.8. The predicted molar refractivity (Wildman–Crippen MR) is 65.2 cm³/mol. The Morgan fingerprint density at radius 3 is 2.69 bits per heavy atom. The molecule has 0 aliphatic carbocycles. The molecule has 84 valence electrons. The molecule has 1 aliphatic heterocycles. The quantitative estimate of drug-likeness (QED) is 0.582. The monoisotopic (exact) mass is 235 g/mol. The molecule has 16 heavy (non-hydrogen) atoms. The van der Waals surface area contributed by atoms with Gasteiger partial charge in [0.05, 0.1) is 0 Å². The van der Waals surface area contributed by atoms with E-state index in [1.807, 2.05) is 30.3 Å². The zero-order valence-corrected chi connectivity index (χ0v) is 9.73. The van der Waals surface area contributed by atoms with Gasteiger partial charge in [0.15, 0.2) is 0 Å². The third-order valence-electron chi connectivity index (χ3n) is 2.87. The van der Waals surface area contributed by atoms with E-state index in [-0.39, 0.29) is 11.8 Å². The zero-order chi connectivity index (χ0) is 11.5. The van der Waals surface area contributed by atoms with Crippen LogP contribution in [0.2, 0.25) is 0 Å². The molecule has 1 aromatic carbocycles. The first-order valence-corrected chi connectivity index (χ1v) is 5.75. The van der Waals surface area contributed by atoms with Gasteiger partial charge in [0.2, 0.25) is 5.91 Å². The third kappa shape index (κ3) is 2.12. The van der Waals surface area contributed by atoms with Crippen molar-refractivity contribution < 1.29 is 4.79 Å². The van der Waals surface area contributed by atoms with Gasteiger partial charge in [0, 0.05) is 19.0 Å². The van der Waals surface area contributed by atoms with Crippen LogP contribution >= 0.6 is 11.6 Å². The fourth-order valence-electron chi connectivity index (χ4n) is 1.93. The molecular weight excluding hydrogens is 222 g/mol. The highest BCUT2D eigenvalue weighted by atomic mass is 35.5. The van der Waals surface area contributed by atoms with Crippen LogP contribution in [0.15, 0.2) is 43.0 Å². The van der Waals surface area contributed by atoms with Crippen LogP contribution in [0, 0.1) is 5.92 Å². The van der Waals surface area contributed by atoms with Crippen molar-refractivity contribution in [3.05, 3.63) is 48.6 Å². The number of carbonyl (C=O) groups is 1. The molecule has 1 saturated heterocycles. The summed E-state index contributed by atoms with van der Waals surface area (Å²) in [5, 5.41) is -0.443. The second-order valence-electron chi connectivity index (χ2n) is 4.01. The van der Waals surface area contributed by atoms with Crippen LogP contribution in [0.25, 0.3) is 0 Å². The average Bonchev–Trinajstić information content (AvgIpc) is 2.58. The smallest absolute Gasteiger partial charge is 0.241 e. The van der Waals surface area contributed by atoms with Gasteiger partial charge in [-0.05, 0) is 5.56 Å². The Balaban J connectivity index is 2.07. The molecule has 2 atom stereocenters. The number of nitrogens with zero attached hydrogens (tertiary/aromatic N) is 1. The van der Waals surface area contributed by atoms with Crippen molar-refractivity contribution in [2.75, 3.05) is 6.54 Å². The lowest BCUT2D eigenvalue weighted by molar-refractivity contribution is -0.127. The van der Waals surface area contributed by atoms with Crippen molar-refractivity contribution in [3.8, 4) is 0 Å². The van der Waals surface area contributed by atoms with E-state index in [0.717, 1.165) is 5.56 Å². The first kappa shape index (κ1) is 11.2. The molecule has 0 aromatic heterocycles. The first-order valence-electron chi connectivity index (χ1n) is 5.31. The third-order valence-corrected chi connectivity index (χ3v) is 3.38. The van der Waals surface area contributed by atoms with E-state index in [1.165, 1.54) is 0 Å². The second-order valence-corrected chi connectivity index (χ2v) is 4.48. The number of amides is 1. The molecule has 0 unspecified atom stereocenters. The summed E-state index contributed by atoms with van der Waals surface area (Å²) < 4.78 is 0. The number of rotatable bonds is 3. The van der Waals surface area contributed by atoms with E-state index < -0.39 is 5.38 Å². The van der Waals surface area contributed by atoms with Crippen LogP contribution in [0.4, 0.5) is 0 Å². The van der Waals surface area contributed by atoms with Crippen molar-refractivity contribution in [3.63, 3.8) is 0 Å². The highest BCUT2D eigenvalue weighted by Crippen LogP contribution is 2.25. The van der Waals surface area contributed by atoms with E-state index in [0.29, 0.717) is 13.1 Å². The van der Waals surface area contributed by atoms with Crippen molar-refractivity contribution in [2.24, 2.45) is 5.92 Å². The minimum Gasteiger partial charge on any atom is -0.336 e. The number of hydrogen-bond acceptors (Lipinski definition) is 1. The molecular formula is C13H14ClNO. The van der Waals surface area contributed by atoms with Crippen molar-refractivity contribution in [2.45, 2.75) is 11.9 Å². The number of hydrogen-bond donors (Lipinski definition) is 0. The predicted octanol–water partition coefficient (Wildman–Crippen LogP) is 2.44. The number of benzene rings is 1. The molecule has 0 spiro atoms. The van der Waals surface area contributed by atoms with E-state index in [1.54, 1.807) is 11.0 Å². The standard InChI is InChI=1S/C13H14ClNO/c1-2-11-9-15(13(16)12(11)14)8-10-6-4-3-5-7-10/h2-7,11-12H,1,8-9H2/t11-,12+/m1/s1. The number of alkyl halides is 1. The van der Waals surface area contributed by atoms with Crippen LogP contribution in [0.3, 0.4) is 0 Å². The summed E-state index contributed by atoms with van der Waals surface area (Å²) in [7, 11) is 0. The lowest BCUT2D eigenvalue weighted by Crippen LogP contribution is -2.26. The van der Waals surface area contributed by atoms with Gasteiger partial charge in [0.25, 0.3) is 0 Å².